The standard InChI is InChI=1S/C13H20FNO3S/c1-13(2,19(4,16)17)9-15-8-10-5-6-12(18-3)11(14)7-10/h5-7,15H,8-9H2,1-4H3. The SMILES string of the molecule is COc1ccc(CNCC(C)(C)S(C)(=O)=O)cc1F. The lowest BCUT2D eigenvalue weighted by molar-refractivity contribution is 0.386. The first-order valence-electron chi connectivity index (χ1n) is 5.90. The zero-order valence-corrected chi connectivity index (χ0v) is 12.5. The van der Waals surface area contributed by atoms with Crippen molar-refractivity contribution in [1.82, 2.24) is 5.32 Å². The molecule has 0 atom stereocenters. The van der Waals surface area contributed by atoms with Gasteiger partial charge in [0.2, 0.25) is 0 Å². The summed E-state index contributed by atoms with van der Waals surface area (Å²) in [4.78, 5) is 0. The molecule has 0 saturated heterocycles. The molecule has 1 aromatic rings. The molecule has 108 valence electrons. The average molecular weight is 289 g/mol. The van der Waals surface area contributed by atoms with Crippen molar-refractivity contribution in [2.24, 2.45) is 0 Å². The number of benzene rings is 1. The van der Waals surface area contributed by atoms with E-state index in [0.29, 0.717) is 13.1 Å². The number of halogens is 1. The van der Waals surface area contributed by atoms with Crippen LogP contribution in [0.4, 0.5) is 4.39 Å². The molecule has 0 radical (unpaired) electrons. The molecule has 1 rings (SSSR count). The highest BCUT2D eigenvalue weighted by molar-refractivity contribution is 7.92. The van der Waals surface area contributed by atoms with Crippen LogP contribution in [0, 0.1) is 5.82 Å². The largest absolute Gasteiger partial charge is 0.494 e. The van der Waals surface area contributed by atoms with Crippen molar-refractivity contribution < 1.29 is 17.5 Å². The predicted molar refractivity (Wildman–Crippen MR) is 73.6 cm³/mol. The van der Waals surface area contributed by atoms with Crippen LogP contribution in [0.15, 0.2) is 18.2 Å². The maximum absolute atomic E-state index is 13.5. The minimum absolute atomic E-state index is 0.195. The van der Waals surface area contributed by atoms with E-state index in [9.17, 15) is 12.8 Å². The molecular weight excluding hydrogens is 269 g/mol. The molecule has 6 heteroatoms. The van der Waals surface area contributed by atoms with Gasteiger partial charge < -0.3 is 10.1 Å². The Bertz CT molecular complexity index is 541. The van der Waals surface area contributed by atoms with E-state index in [1.807, 2.05) is 0 Å². The first kappa shape index (κ1) is 15.9. The van der Waals surface area contributed by atoms with Gasteiger partial charge in [0.1, 0.15) is 0 Å². The highest BCUT2D eigenvalue weighted by atomic mass is 32.2. The summed E-state index contributed by atoms with van der Waals surface area (Å²) in [6.45, 7) is 4.02. The minimum Gasteiger partial charge on any atom is -0.494 e. The molecule has 0 amide bonds. The fraction of sp³-hybridized carbons (Fsp3) is 0.538. The molecule has 0 bridgehead atoms. The van der Waals surface area contributed by atoms with Crippen LogP contribution < -0.4 is 10.1 Å². The summed E-state index contributed by atoms with van der Waals surface area (Å²) in [5, 5.41) is 3.03. The Morgan fingerprint density at radius 1 is 1.37 bits per heavy atom. The molecule has 0 saturated carbocycles. The molecule has 0 aliphatic rings. The van der Waals surface area contributed by atoms with Crippen molar-refractivity contribution >= 4 is 9.84 Å². The van der Waals surface area contributed by atoms with E-state index in [-0.39, 0.29) is 5.75 Å². The van der Waals surface area contributed by atoms with Crippen molar-refractivity contribution in [3.63, 3.8) is 0 Å². The summed E-state index contributed by atoms with van der Waals surface area (Å²) in [6, 6.07) is 4.66. The molecule has 1 N–H and O–H groups in total. The molecule has 1 aromatic carbocycles. The summed E-state index contributed by atoms with van der Waals surface area (Å²) >= 11 is 0. The van der Waals surface area contributed by atoms with Gasteiger partial charge in [-0.2, -0.15) is 0 Å². The molecule has 0 unspecified atom stereocenters. The Labute approximate surface area is 113 Å². The number of hydrogen-bond donors (Lipinski definition) is 1. The van der Waals surface area contributed by atoms with Crippen LogP contribution in [0.1, 0.15) is 19.4 Å². The van der Waals surface area contributed by atoms with E-state index in [4.69, 9.17) is 4.74 Å². The van der Waals surface area contributed by atoms with Gasteiger partial charge in [-0.3, -0.25) is 0 Å². The Balaban J connectivity index is 2.62. The number of rotatable bonds is 6. The van der Waals surface area contributed by atoms with Crippen LogP contribution in [-0.4, -0.2) is 33.1 Å². The van der Waals surface area contributed by atoms with Crippen LogP contribution in [0.25, 0.3) is 0 Å². The third kappa shape index (κ3) is 4.18. The topological polar surface area (TPSA) is 55.4 Å². The molecule has 0 heterocycles. The summed E-state index contributed by atoms with van der Waals surface area (Å²) < 4.78 is 40.5. The molecule has 0 aliphatic heterocycles. The van der Waals surface area contributed by atoms with Gasteiger partial charge in [0, 0.05) is 19.3 Å². The number of hydrogen-bond acceptors (Lipinski definition) is 4. The number of nitrogens with one attached hydrogen (secondary N) is 1. The van der Waals surface area contributed by atoms with E-state index in [1.54, 1.807) is 26.0 Å². The molecule has 0 spiro atoms. The van der Waals surface area contributed by atoms with Crippen LogP contribution in [0.3, 0.4) is 0 Å². The first-order chi connectivity index (χ1) is 8.67. The van der Waals surface area contributed by atoms with Gasteiger partial charge in [-0.05, 0) is 31.5 Å². The lowest BCUT2D eigenvalue weighted by Gasteiger charge is -2.22. The third-order valence-corrected chi connectivity index (χ3v) is 5.25. The van der Waals surface area contributed by atoms with E-state index < -0.39 is 20.4 Å². The van der Waals surface area contributed by atoms with Crippen LogP contribution in [0.5, 0.6) is 5.75 Å². The average Bonchev–Trinajstić information content (AvgIpc) is 2.27. The van der Waals surface area contributed by atoms with Gasteiger partial charge in [-0.1, -0.05) is 6.07 Å². The summed E-state index contributed by atoms with van der Waals surface area (Å²) in [5.74, 6) is -0.232. The fourth-order valence-electron chi connectivity index (χ4n) is 1.46. The summed E-state index contributed by atoms with van der Waals surface area (Å²) in [7, 11) is -1.72. The van der Waals surface area contributed by atoms with Gasteiger partial charge >= 0.3 is 0 Å². The van der Waals surface area contributed by atoms with Gasteiger partial charge in [0.25, 0.3) is 0 Å². The second kappa shape index (κ2) is 5.88. The van der Waals surface area contributed by atoms with E-state index in [2.05, 4.69) is 5.32 Å². The molecule has 0 aliphatic carbocycles. The monoisotopic (exact) mass is 289 g/mol. The van der Waals surface area contributed by atoms with Crippen molar-refractivity contribution in [1.29, 1.82) is 0 Å². The zero-order valence-electron chi connectivity index (χ0n) is 11.7. The van der Waals surface area contributed by atoms with E-state index in [0.717, 1.165) is 5.56 Å². The smallest absolute Gasteiger partial charge is 0.165 e. The number of methoxy groups -OCH3 is 1. The Hall–Kier alpha value is -1.14. The summed E-state index contributed by atoms with van der Waals surface area (Å²) in [5.41, 5.74) is 0.739. The highest BCUT2D eigenvalue weighted by Crippen LogP contribution is 2.18. The van der Waals surface area contributed by atoms with Crippen molar-refractivity contribution in [3.05, 3.63) is 29.6 Å². The first-order valence-corrected chi connectivity index (χ1v) is 7.79. The number of ether oxygens (including phenoxy) is 1. The Kier molecular flexibility index (Phi) is 4.92. The van der Waals surface area contributed by atoms with Crippen LogP contribution in [0.2, 0.25) is 0 Å². The van der Waals surface area contributed by atoms with Gasteiger partial charge in [0.05, 0.1) is 11.9 Å². The van der Waals surface area contributed by atoms with Gasteiger partial charge in [0.15, 0.2) is 21.4 Å². The maximum Gasteiger partial charge on any atom is 0.165 e. The molecule has 0 aromatic heterocycles. The third-order valence-electron chi connectivity index (χ3n) is 3.10. The predicted octanol–water partition coefficient (Wildman–Crippen LogP) is 1.75. The van der Waals surface area contributed by atoms with E-state index in [1.165, 1.54) is 19.4 Å². The summed E-state index contributed by atoms with van der Waals surface area (Å²) in [6.07, 6.45) is 1.21. The van der Waals surface area contributed by atoms with Gasteiger partial charge in [-0.15, -0.1) is 0 Å². The molecule has 4 nitrogen and oxygen atoms in total. The normalized spacial score (nSPS) is 12.5. The van der Waals surface area contributed by atoms with Crippen molar-refractivity contribution in [3.8, 4) is 5.75 Å². The maximum atomic E-state index is 13.5. The van der Waals surface area contributed by atoms with Crippen LogP contribution >= 0.6 is 0 Å². The Morgan fingerprint density at radius 2 is 2.00 bits per heavy atom. The van der Waals surface area contributed by atoms with E-state index >= 15 is 0 Å². The molecule has 19 heavy (non-hydrogen) atoms. The van der Waals surface area contributed by atoms with Crippen molar-refractivity contribution in [2.45, 2.75) is 25.1 Å². The lowest BCUT2D eigenvalue weighted by Crippen LogP contribution is -2.41. The molecular formula is C13H20FNO3S. The van der Waals surface area contributed by atoms with Crippen LogP contribution in [-0.2, 0) is 16.4 Å². The van der Waals surface area contributed by atoms with Gasteiger partial charge in [-0.25, -0.2) is 12.8 Å². The van der Waals surface area contributed by atoms with Crippen molar-refractivity contribution in [2.75, 3.05) is 19.9 Å². The number of sulfone groups is 1. The fourth-order valence-corrected chi connectivity index (χ4v) is 1.82. The quantitative estimate of drug-likeness (QED) is 0.867. The second-order valence-corrected chi connectivity index (χ2v) is 7.75. The minimum atomic E-state index is -3.13. The molecule has 0 fully saturated rings. The lowest BCUT2D eigenvalue weighted by atomic mass is 10.2. The Morgan fingerprint density at radius 3 is 2.47 bits per heavy atom. The highest BCUT2D eigenvalue weighted by Gasteiger charge is 2.29. The second-order valence-electron chi connectivity index (χ2n) is 5.10. The zero-order chi connectivity index (χ0) is 14.7.